The highest BCUT2D eigenvalue weighted by molar-refractivity contribution is 5.80. The minimum Gasteiger partial charge on any atom is -0.367 e. The van der Waals surface area contributed by atoms with E-state index in [1.807, 2.05) is 7.05 Å². The van der Waals surface area contributed by atoms with Gasteiger partial charge in [-0.2, -0.15) is 0 Å². The molecule has 0 aromatic carbocycles. The normalized spacial score (nSPS) is 15.8. The van der Waals surface area contributed by atoms with Crippen LogP contribution >= 0.6 is 0 Å². The van der Waals surface area contributed by atoms with Gasteiger partial charge in [0.25, 0.3) is 0 Å². The van der Waals surface area contributed by atoms with Crippen LogP contribution in [0.4, 0.5) is 5.82 Å². The lowest BCUT2D eigenvalue weighted by Gasteiger charge is -2.20. The molecule has 1 aromatic heterocycles. The van der Waals surface area contributed by atoms with Gasteiger partial charge >= 0.3 is 0 Å². The number of hydrogen-bond donors (Lipinski definition) is 2. The molecule has 2 heterocycles. The van der Waals surface area contributed by atoms with Crippen molar-refractivity contribution in [1.29, 1.82) is 0 Å². The molecule has 1 saturated heterocycles. The van der Waals surface area contributed by atoms with Crippen molar-refractivity contribution in [2.75, 3.05) is 38.5 Å². The van der Waals surface area contributed by atoms with Gasteiger partial charge in [-0.15, -0.1) is 0 Å². The standard InChI is InChI=1S/C12H20N6/c1-13-12(18-8-2-3-9-18)17-7-6-16-11-10-14-4-5-15-11/h4-5,10H,2-3,6-9H2,1H3,(H,13,17)(H,15,16). The predicted molar refractivity (Wildman–Crippen MR) is 72.7 cm³/mol. The van der Waals surface area contributed by atoms with E-state index in [1.165, 1.54) is 12.8 Å². The molecule has 2 rings (SSSR count). The Hall–Kier alpha value is -1.85. The third-order valence-corrected chi connectivity index (χ3v) is 2.89. The number of aliphatic imine (C=N–C) groups is 1. The molecule has 0 aliphatic carbocycles. The van der Waals surface area contributed by atoms with Gasteiger partial charge in [-0.3, -0.25) is 9.98 Å². The van der Waals surface area contributed by atoms with Crippen molar-refractivity contribution in [1.82, 2.24) is 20.2 Å². The summed E-state index contributed by atoms with van der Waals surface area (Å²) in [6.45, 7) is 3.83. The first-order valence-corrected chi connectivity index (χ1v) is 6.35. The van der Waals surface area contributed by atoms with Crippen LogP contribution in [0, 0.1) is 0 Å². The van der Waals surface area contributed by atoms with E-state index in [0.29, 0.717) is 0 Å². The summed E-state index contributed by atoms with van der Waals surface area (Å²) in [6.07, 6.45) is 7.59. The van der Waals surface area contributed by atoms with Crippen molar-refractivity contribution < 1.29 is 0 Å². The topological polar surface area (TPSA) is 65.4 Å². The smallest absolute Gasteiger partial charge is 0.193 e. The molecule has 1 aromatic rings. The third kappa shape index (κ3) is 3.58. The van der Waals surface area contributed by atoms with Crippen molar-refractivity contribution in [3.8, 4) is 0 Å². The zero-order valence-electron chi connectivity index (χ0n) is 10.8. The molecule has 18 heavy (non-hydrogen) atoms. The lowest BCUT2D eigenvalue weighted by molar-refractivity contribution is 0.495. The van der Waals surface area contributed by atoms with Gasteiger partial charge in [0.05, 0.1) is 6.20 Å². The maximum absolute atomic E-state index is 4.29. The number of nitrogens with one attached hydrogen (secondary N) is 2. The molecular weight excluding hydrogens is 228 g/mol. The van der Waals surface area contributed by atoms with Gasteiger partial charge in [0, 0.05) is 45.6 Å². The summed E-state index contributed by atoms with van der Waals surface area (Å²) in [5.41, 5.74) is 0. The van der Waals surface area contributed by atoms with Crippen LogP contribution in [-0.4, -0.2) is 54.1 Å². The monoisotopic (exact) mass is 248 g/mol. The SMILES string of the molecule is CN=C(NCCNc1cnccn1)N1CCCC1. The van der Waals surface area contributed by atoms with Crippen molar-refractivity contribution in [3.05, 3.63) is 18.6 Å². The number of rotatable bonds is 4. The van der Waals surface area contributed by atoms with Gasteiger partial charge in [-0.05, 0) is 12.8 Å². The molecule has 0 unspecified atom stereocenters. The van der Waals surface area contributed by atoms with Gasteiger partial charge in [0.2, 0.25) is 0 Å². The van der Waals surface area contributed by atoms with Crippen molar-refractivity contribution in [2.24, 2.45) is 4.99 Å². The van der Waals surface area contributed by atoms with Crippen LogP contribution in [0.5, 0.6) is 0 Å². The molecule has 0 spiro atoms. The lowest BCUT2D eigenvalue weighted by Crippen LogP contribution is -2.41. The second-order valence-corrected chi connectivity index (χ2v) is 4.19. The quantitative estimate of drug-likeness (QED) is 0.463. The highest BCUT2D eigenvalue weighted by Gasteiger charge is 2.14. The fraction of sp³-hybridized carbons (Fsp3) is 0.583. The number of nitrogens with zero attached hydrogens (tertiary/aromatic N) is 4. The lowest BCUT2D eigenvalue weighted by atomic mass is 10.4. The molecule has 6 heteroatoms. The van der Waals surface area contributed by atoms with E-state index < -0.39 is 0 Å². The Morgan fingerprint density at radius 2 is 2.17 bits per heavy atom. The maximum atomic E-state index is 4.29. The zero-order valence-corrected chi connectivity index (χ0v) is 10.8. The minimum atomic E-state index is 0.797. The number of hydrogen-bond acceptors (Lipinski definition) is 4. The van der Waals surface area contributed by atoms with E-state index in [9.17, 15) is 0 Å². The molecule has 2 N–H and O–H groups in total. The first-order valence-electron chi connectivity index (χ1n) is 6.35. The Balaban J connectivity index is 1.68. The minimum absolute atomic E-state index is 0.797. The molecule has 0 bridgehead atoms. The van der Waals surface area contributed by atoms with Crippen LogP contribution < -0.4 is 10.6 Å². The second kappa shape index (κ2) is 6.78. The summed E-state index contributed by atoms with van der Waals surface area (Å²) in [5, 5.41) is 6.55. The molecule has 1 aliphatic heterocycles. The summed E-state index contributed by atoms with van der Waals surface area (Å²) in [4.78, 5) is 14.7. The average molecular weight is 248 g/mol. The molecule has 0 saturated carbocycles. The Morgan fingerprint density at radius 3 is 2.83 bits per heavy atom. The molecule has 0 radical (unpaired) electrons. The Labute approximate surface area is 108 Å². The molecule has 0 amide bonds. The Morgan fingerprint density at radius 1 is 1.33 bits per heavy atom. The van der Waals surface area contributed by atoms with Crippen LogP contribution in [0.2, 0.25) is 0 Å². The first-order chi connectivity index (χ1) is 8.90. The van der Waals surface area contributed by atoms with Gasteiger partial charge in [-0.1, -0.05) is 0 Å². The van der Waals surface area contributed by atoms with Gasteiger partial charge in [-0.25, -0.2) is 4.98 Å². The van der Waals surface area contributed by atoms with Crippen LogP contribution in [0.15, 0.2) is 23.6 Å². The molecule has 1 aliphatic rings. The fourth-order valence-electron chi connectivity index (χ4n) is 2.02. The van der Waals surface area contributed by atoms with E-state index in [4.69, 9.17) is 0 Å². The van der Waals surface area contributed by atoms with E-state index in [-0.39, 0.29) is 0 Å². The highest BCUT2D eigenvalue weighted by atomic mass is 15.3. The number of guanidine groups is 1. The van der Waals surface area contributed by atoms with Crippen LogP contribution in [0.25, 0.3) is 0 Å². The van der Waals surface area contributed by atoms with Crippen LogP contribution in [0.3, 0.4) is 0 Å². The number of anilines is 1. The number of aromatic nitrogens is 2. The summed E-state index contributed by atoms with van der Waals surface area (Å²) < 4.78 is 0. The van der Waals surface area contributed by atoms with Crippen molar-refractivity contribution in [2.45, 2.75) is 12.8 Å². The van der Waals surface area contributed by atoms with Crippen molar-refractivity contribution >= 4 is 11.8 Å². The molecular formula is C12H20N6. The summed E-state index contributed by atoms with van der Waals surface area (Å²) >= 11 is 0. The van der Waals surface area contributed by atoms with Crippen molar-refractivity contribution in [3.63, 3.8) is 0 Å². The third-order valence-electron chi connectivity index (χ3n) is 2.89. The Bertz CT molecular complexity index is 371. The maximum Gasteiger partial charge on any atom is 0.193 e. The van der Waals surface area contributed by atoms with E-state index >= 15 is 0 Å². The van der Waals surface area contributed by atoms with E-state index in [0.717, 1.165) is 38.0 Å². The average Bonchev–Trinajstić information content (AvgIpc) is 2.94. The van der Waals surface area contributed by atoms with E-state index in [2.05, 4.69) is 30.5 Å². The molecule has 98 valence electrons. The van der Waals surface area contributed by atoms with Crippen LogP contribution in [0.1, 0.15) is 12.8 Å². The summed E-state index contributed by atoms with van der Waals surface area (Å²) in [7, 11) is 1.83. The van der Waals surface area contributed by atoms with Gasteiger partial charge < -0.3 is 15.5 Å². The number of likely N-dealkylation sites (tertiary alicyclic amines) is 1. The Kier molecular flexibility index (Phi) is 4.75. The first kappa shape index (κ1) is 12.6. The fourth-order valence-corrected chi connectivity index (χ4v) is 2.02. The van der Waals surface area contributed by atoms with E-state index in [1.54, 1.807) is 18.6 Å². The molecule has 1 fully saturated rings. The zero-order chi connectivity index (χ0) is 12.6. The molecule has 6 nitrogen and oxygen atoms in total. The summed E-state index contributed by atoms with van der Waals surface area (Å²) in [6, 6.07) is 0. The largest absolute Gasteiger partial charge is 0.367 e. The predicted octanol–water partition coefficient (Wildman–Crippen LogP) is 0.560. The molecule has 0 atom stereocenters. The summed E-state index contributed by atoms with van der Waals surface area (Å²) in [5.74, 6) is 1.80. The van der Waals surface area contributed by atoms with Gasteiger partial charge in [0.15, 0.2) is 5.96 Å². The second-order valence-electron chi connectivity index (χ2n) is 4.19. The van der Waals surface area contributed by atoms with Crippen LogP contribution in [-0.2, 0) is 0 Å². The highest BCUT2D eigenvalue weighted by Crippen LogP contribution is 2.06. The van der Waals surface area contributed by atoms with Gasteiger partial charge in [0.1, 0.15) is 5.82 Å².